The van der Waals surface area contributed by atoms with Crippen LogP contribution in [-0.4, -0.2) is 29.8 Å². The summed E-state index contributed by atoms with van der Waals surface area (Å²) in [4.78, 5) is 1.74. The van der Waals surface area contributed by atoms with Crippen molar-refractivity contribution >= 4 is 0 Å². The minimum Gasteiger partial charge on any atom is -0.372 e. The monoisotopic (exact) mass is 129 g/mol. The summed E-state index contributed by atoms with van der Waals surface area (Å²) in [6, 6.07) is 0. The lowest BCUT2D eigenvalue weighted by Gasteiger charge is -2.30. The van der Waals surface area contributed by atoms with Crippen LogP contribution < -0.4 is 0 Å². The maximum atomic E-state index is 9.51. The average Bonchev–Trinajstić information content (AvgIpc) is 1.86. The summed E-state index contributed by atoms with van der Waals surface area (Å²) >= 11 is 0. The van der Waals surface area contributed by atoms with Crippen molar-refractivity contribution in [2.24, 2.45) is 0 Å². The smallest absolute Gasteiger partial charge is 0.136 e. The van der Waals surface area contributed by atoms with Gasteiger partial charge in [-0.3, -0.25) is 4.90 Å². The van der Waals surface area contributed by atoms with Crippen molar-refractivity contribution in [3.63, 3.8) is 0 Å². The maximum Gasteiger partial charge on any atom is 0.136 e. The lowest BCUT2D eigenvalue weighted by atomic mass is 10.1. The van der Waals surface area contributed by atoms with Crippen LogP contribution in [0.4, 0.5) is 0 Å². The van der Waals surface area contributed by atoms with Crippen molar-refractivity contribution in [1.29, 1.82) is 0 Å². The van der Waals surface area contributed by atoms with Crippen molar-refractivity contribution in [3.8, 4) is 0 Å². The third-order valence-corrected chi connectivity index (χ3v) is 1.62. The van der Waals surface area contributed by atoms with Crippen molar-refractivity contribution in [2.75, 3.05) is 14.1 Å². The van der Waals surface area contributed by atoms with Gasteiger partial charge in [-0.25, -0.2) is 0 Å². The molecule has 0 aliphatic carbocycles. The number of rotatable bonds is 3. The molecule has 1 unspecified atom stereocenters. The third kappa shape index (κ3) is 1.80. The number of hydrogen-bond acceptors (Lipinski definition) is 2. The Kier molecular flexibility index (Phi) is 2.88. The lowest BCUT2D eigenvalue weighted by molar-refractivity contribution is -0.0402. The highest BCUT2D eigenvalue weighted by atomic mass is 16.3. The van der Waals surface area contributed by atoms with Gasteiger partial charge in [0.05, 0.1) is 0 Å². The molecule has 0 fully saturated rings. The first kappa shape index (κ1) is 8.66. The van der Waals surface area contributed by atoms with Crippen LogP contribution in [0, 0.1) is 0 Å². The summed E-state index contributed by atoms with van der Waals surface area (Å²) in [7, 11) is 3.65. The Labute approximate surface area is 56.8 Å². The van der Waals surface area contributed by atoms with Crippen LogP contribution in [-0.2, 0) is 0 Å². The first-order valence-corrected chi connectivity index (χ1v) is 3.10. The van der Waals surface area contributed by atoms with E-state index in [4.69, 9.17) is 0 Å². The number of aliphatic hydroxyl groups is 1. The van der Waals surface area contributed by atoms with Crippen LogP contribution in [0.1, 0.15) is 13.3 Å². The van der Waals surface area contributed by atoms with Crippen LogP contribution in [0.5, 0.6) is 0 Å². The minimum atomic E-state index is -0.819. The molecule has 0 aliphatic heterocycles. The number of hydrogen-bond donors (Lipinski definition) is 1. The molecule has 2 nitrogen and oxygen atoms in total. The Bertz CT molecular complexity index is 101. The Balaban J connectivity index is 4.08. The summed E-state index contributed by atoms with van der Waals surface area (Å²) in [5.41, 5.74) is -0.819. The average molecular weight is 129 g/mol. The van der Waals surface area contributed by atoms with Crippen molar-refractivity contribution in [1.82, 2.24) is 4.90 Å². The largest absolute Gasteiger partial charge is 0.372 e. The van der Waals surface area contributed by atoms with Gasteiger partial charge in [0, 0.05) is 0 Å². The molecule has 0 bridgehead atoms. The Morgan fingerprint density at radius 1 is 1.67 bits per heavy atom. The van der Waals surface area contributed by atoms with E-state index in [1.807, 2.05) is 21.0 Å². The topological polar surface area (TPSA) is 23.5 Å². The second kappa shape index (κ2) is 2.99. The molecule has 0 spiro atoms. The molecule has 0 saturated heterocycles. The summed E-state index contributed by atoms with van der Waals surface area (Å²) in [5.74, 6) is 0. The van der Waals surface area contributed by atoms with E-state index in [-0.39, 0.29) is 0 Å². The van der Waals surface area contributed by atoms with Gasteiger partial charge in [0.2, 0.25) is 0 Å². The Hall–Kier alpha value is -0.340. The molecule has 0 aromatic heterocycles. The highest BCUT2D eigenvalue weighted by molar-refractivity contribution is 4.91. The van der Waals surface area contributed by atoms with Crippen molar-refractivity contribution in [3.05, 3.63) is 12.7 Å². The normalized spacial score (nSPS) is 17.4. The lowest BCUT2D eigenvalue weighted by Crippen LogP contribution is -2.41. The van der Waals surface area contributed by atoms with Crippen LogP contribution in [0.3, 0.4) is 0 Å². The molecule has 1 N–H and O–H groups in total. The van der Waals surface area contributed by atoms with Gasteiger partial charge in [0.15, 0.2) is 0 Å². The van der Waals surface area contributed by atoms with Gasteiger partial charge in [0.25, 0.3) is 0 Å². The molecule has 0 radical (unpaired) electrons. The van der Waals surface area contributed by atoms with E-state index in [9.17, 15) is 5.11 Å². The van der Waals surface area contributed by atoms with E-state index in [0.717, 1.165) is 0 Å². The fraction of sp³-hybridized carbons (Fsp3) is 0.714. The number of nitrogens with zero attached hydrogens (tertiary/aromatic N) is 1. The minimum absolute atomic E-state index is 0.670. The summed E-state index contributed by atoms with van der Waals surface area (Å²) in [6.07, 6.45) is 2.22. The van der Waals surface area contributed by atoms with Gasteiger partial charge in [0.1, 0.15) is 5.72 Å². The fourth-order valence-electron chi connectivity index (χ4n) is 0.643. The van der Waals surface area contributed by atoms with Crippen LogP contribution in [0.25, 0.3) is 0 Å². The van der Waals surface area contributed by atoms with Crippen LogP contribution in [0.15, 0.2) is 12.7 Å². The molecule has 0 aliphatic rings. The second-order valence-electron chi connectivity index (χ2n) is 2.33. The zero-order chi connectivity index (χ0) is 7.49. The third-order valence-electron chi connectivity index (χ3n) is 1.62. The fourth-order valence-corrected chi connectivity index (χ4v) is 0.643. The highest BCUT2D eigenvalue weighted by Crippen LogP contribution is 2.12. The van der Waals surface area contributed by atoms with E-state index in [1.165, 1.54) is 0 Å². The van der Waals surface area contributed by atoms with E-state index in [0.29, 0.717) is 6.42 Å². The molecule has 0 amide bonds. The van der Waals surface area contributed by atoms with E-state index >= 15 is 0 Å². The summed E-state index contributed by atoms with van der Waals surface area (Å²) in [5, 5.41) is 9.51. The highest BCUT2D eigenvalue weighted by Gasteiger charge is 2.21. The number of likely N-dealkylation sites (N-methyl/N-ethyl adjacent to an activating group) is 1. The van der Waals surface area contributed by atoms with Gasteiger partial charge in [-0.05, 0) is 26.6 Å². The molecule has 54 valence electrons. The van der Waals surface area contributed by atoms with E-state index in [1.54, 1.807) is 11.0 Å². The zero-order valence-electron chi connectivity index (χ0n) is 6.39. The molecular weight excluding hydrogens is 114 g/mol. The first-order chi connectivity index (χ1) is 4.06. The predicted molar refractivity (Wildman–Crippen MR) is 39.1 cm³/mol. The van der Waals surface area contributed by atoms with Crippen LogP contribution in [0.2, 0.25) is 0 Å². The molecule has 0 aromatic carbocycles. The summed E-state index contributed by atoms with van der Waals surface area (Å²) in [6.45, 7) is 5.45. The van der Waals surface area contributed by atoms with Gasteiger partial charge in [-0.15, -0.1) is 0 Å². The summed E-state index contributed by atoms with van der Waals surface area (Å²) < 4.78 is 0. The van der Waals surface area contributed by atoms with Gasteiger partial charge >= 0.3 is 0 Å². The molecule has 0 aromatic rings. The molecule has 0 heterocycles. The van der Waals surface area contributed by atoms with Gasteiger partial charge < -0.3 is 5.11 Å². The van der Waals surface area contributed by atoms with Crippen molar-refractivity contribution < 1.29 is 5.11 Å². The first-order valence-electron chi connectivity index (χ1n) is 3.10. The van der Waals surface area contributed by atoms with Crippen molar-refractivity contribution in [2.45, 2.75) is 19.1 Å². The maximum absolute atomic E-state index is 9.51. The van der Waals surface area contributed by atoms with E-state index in [2.05, 4.69) is 6.58 Å². The molecule has 1 atom stereocenters. The van der Waals surface area contributed by atoms with Crippen LogP contribution >= 0.6 is 0 Å². The molecule has 9 heavy (non-hydrogen) atoms. The molecule has 2 heteroatoms. The molecule has 0 rings (SSSR count). The Morgan fingerprint density at radius 2 is 2.11 bits per heavy atom. The Morgan fingerprint density at radius 3 is 2.11 bits per heavy atom. The standard InChI is InChI=1S/C7H15NO/c1-5-7(9,6-2)8(3)4/h5,9H,1,6H2,2-4H3. The molecule has 0 saturated carbocycles. The van der Waals surface area contributed by atoms with E-state index < -0.39 is 5.72 Å². The molecular formula is C7H15NO. The zero-order valence-corrected chi connectivity index (χ0v) is 6.39. The predicted octanol–water partition coefficient (Wildman–Crippen LogP) is 0.833. The SMILES string of the molecule is C=CC(O)(CC)N(C)C. The van der Waals surface area contributed by atoms with Gasteiger partial charge in [-0.2, -0.15) is 0 Å². The quantitative estimate of drug-likeness (QED) is 0.450. The van der Waals surface area contributed by atoms with Gasteiger partial charge in [-0.1, -0.05) is 13.5 Å². The second-order valence-corrected chi connectivity index (χ2v) is 2.33.